The molecular formula is C46H24ClN3S2. The van der Waals surface area contributed by atoms with Gasteiger partial charge in [-0.05, 0) is 45.1 Å². The lowest BCUT2D eigenvalue weighted by molar-refractivity contribution is 1.19. The van der Waals surface area contributed by atoms with Crippen molar-refractivity contribution in [1.82, 2.24) is 14.5 Å². The predicted molar refractivity (Wildman–Crippen MR) is 225 cm³/mol. The minimum atomic E-state index is 0.408. The number of benzene rings is 8. The van der Waals surface area contributed by atoms with Crippen LogP contribution in [0.15, 0.2) is 146 Å². The van der Waals surface area contributed by atoms with E-state index >= 15 is 0 Å². The first-order valence-corrected chi connectivity index (χ1v) is 19.3. The van der Waals surface area contributed by atoms with E-state index < -0.39 is 0 Å². The second-order valence-corrected chi connectivity index (χ2v) is 15.8. The van der Waals surface area contributed by atoms with Crippen LogP contribution >= 0.6 is 34.3 Å². The van der Waals surface area contributed by atoms with E-state index in [0.29, 0.717) is 10.8 Å². The van der Waals surface area contributed by atoms with Crippen molar-refractivity contribution in [2.24, 2.45) is 0 Å². The van der Waals surface area contributed by atoms with Gasteiger partial charge < -0.3 is 4.57 Å². The molecule has 8 aromatic carbocycles. The summed E-state index contributed by atoms with van der Waals surface area (Å²) in [5.41, 5.74) is 5.95. The van der Waals surface area contributed by atoms with E-state index in [0.717, 1.165) is 31.7 Å². The van der Waals surface area contributed by atoms with Gasteiger partial charge in [0.05, 0.1) is 15.7 Å². The van der Waals surface area contributed by atoms with E-state index in [1.807, 2.05) is 17.4 Å². The predicted octanol–water partition coefficient (Wildman–Crippen LogP) is 14.1. The fraction of sp³-hybridized carbons (Fsp3) is 0. The lowest BCUT2D eigenvalue weighted by Crippen LogP contribution is -1.96. The summed E-state index contributed by atoms with van der Waals surface area (Å²) in [4.78, 5) is 10.9. The summed E-state index contributed by atoms with van der Waals surface area (Å²) in [6, 6.07) is 52.6. The number of hydrogen-bond donors (Lipinski definition) is 0. The first kappa shape index (κ1) is 28.8. The van der Waals surface area contributed by atoms with Crippen molar-refractivity contribution in [3.63, 3.8) is 0 Å². The maximum absolute atomic E-state index is 7.00. The van der Waals surface area contributed by atoms with Crippen molar-refractivity contribution >= 4 is 129 Å². The highest BCUT2D eigenvalue weighted by molar-refractivity contribution is 7.27. The van der Waals surface area contributed by atoms with Gasteiger partial charge >= 0.3 is 0 Å². The maximum Gasteiger partial charge on any atom is 0.156 e. The van der Waals surface area contributed by atoms with E-state index in [4.69, 9.17) is 21.6 Å². The quantitative estimate of drug-likeness (QED) is 0.178. The van der Waals surface area contributed by atoms with Gasteiger partial charge in [-0.1, -0.05) is 139 Å². The standard InChI is InChI=1S/C46H24ClN3S2/c47-45-39(49-46-40(48-45)33-18-7-8-19-36(33)51-46)27-12-9-13-28(24-27)50-41-29-14-3-1-10-25(29)20-22-34(41)37-31-16-5-6-17-32(31)38-35-23-21-26-11-2-4-15-30(26)43(35)52-44(38)42(37)50/h1-24H. The molecule has 0 N–H and O–H groups in total. The second kappa shape index (κ2) is 10.6. The SMILES string of the molecule is Clc1nc2c(nc1-c1cccc(-n3c4c5ccccc5ccc4c4c5ccccc5c5c6ccc7ccccc7c6sc5c43)c1)sc1ccccc12. The van der Waals surface area contributed by atoms with Gasteiger partial charge in [0.2, 0.25) is 0 Å². The Kier molecular flexibility index (Phi) is 5.87. The van der Waals surface area contributed by atoms with Crippen molar-refractivity contribution in [2.45, 2.75) is 0 Å². The van der Waals surface area contributed by atoms with Gasteiger partial charge in [0, 0.05) is 53.0 Å². The number of nitrogens with zero attached hydrogens (tertiary/aromatic N) is 3. The monoisotopic (exact) mass is 717 g/mol. The Labute approximate surface area is 309 Å². The molecule has 0 fully saturated rings. The molecule has 0 spiro atoms. The number of aromatic nitrogens is 3. The lowest BCUT2D eigenvalue weighted by Gasteiger charge is -2.13. The second-order valence-electron chi connectivity index (χ2n) is 13.4. The van der Waals surface area contributed by atoms with Crippen molar-refractivity contribution < 1.29 is 0 Å². The summed E-state index contributed by atoms with van der Waals surface area (Å²) in [6.07, 6.45) is 0. The molecule has 0 bridgehead atoms. The van der Waals surface area contributed by atoms with Gasteiger partial charge in [0.25, 0.3) is 0 Å². The fourth-order valence-corrected chi connectivity index (χ4v) is 11.1. The topological polar surface area (TPSA) is 30.7 Å². The molecule has 6 heteroatoms. The van der Waals surface area contributed by atoms with Crippen LogP contribution in [0.3, 0.4) is 0 Å². The number of hydrogen-bond acceptors (Lipinski definition) is 4. The van der Waals surface area contributed by atoms with Gasteiger partial charge in [0.15, 0.2) is 5.15 Å². The summed E-state index contributed by atoms with van der Waals surface area (Å²) < 4.78 is 6.27. The zero-order chi connectivity index (χ0) is 34.1. The third kappa shape index (κ3) is 3.85. The zero-order valence-electron chi connectivity index (χ0n) is 27.4. The van der Waals surface area contributed by atoms with Crippen LogP contribution in [-0.4, -0.2) is 14.5 Å². The van der Waals surface area contributed by atoms with Crippen LogP contribution in [0.5, 0.6) is 0 Å². The molecular weight excluding hydrogens is 694 g/mol. The minimum absolute atomic E-state index is 0.408. The molecule has 12 rings (SSSR count). The summed E-state index contributed by atoms with van der Waals surface area (Å²) in [6.45, 7) is 0. The molecule has 0 radical (unpaired) electrons. The Morgan fingerprint density at radius 1 is 0.481 bits per heavy atom. The first-order chi connectivity index (χ1) is 25.7. The maximum atomic E-state index is 7.00. The summed E-state index contributed by atoms with van der Waals surface area (Å²) in [5.74, 6) is 0. The van der Waals surface area contributed by atoms with Crippen LogP contribution < -0.4 is 0 Å². The van der Waals surface area contributed by atoms with Crippen LogP contribution in [0.2, 0.25) is 5.15 Å². The normalized spacial score (nSPS) is 12.3. The summed E-state index contributed by atoms with van der Waals surface area (Å²) >= 11 is 10.6. The molecule has 0 aliphatic carbocycles. The molecule has 0 saturated carbocycles. The molecule has 0 saturated heterocycles. The summed E-state index contributed by atoms with van der Waals surface area (Å²) in [5, 5.41) is 14.1. The molecule has 242 valence electrons. The van der Waals surface area contributed by atoms with Crippen LogP contribution in [0.4, 0.5) is 0 Å². The Balaban J connectivity index is 1.25. The van der Waals surface area contributed by atoms with Gasteiger partial charge in [-0.3, -0.25) is 0 Å². The molecule has 0 aliphatic heterocycles. The van der Waals surface area contributed by atoms with E-state index in [9.17, 15) is 0 Å². The van der Waals surface area contributed by atoms with E-state index in [1.165, 1.54) is 74.3 Å². The first-order valence-electron chi connectivity index (χ1n) is 17.3. The largest absolute Gasteiger partial charge is 0.307 e. The van der Waals surface area contributed by atoms with Crippen molar-refractivity contribution in [2.75, 3.05) is 0 Å². The van der Waals surface area contributed by atoms with Crippen molar-refractivity contribution in [3.05, 3.63) is 151 Å². The highest BCUT2D eigenvalue weighted by Crippen LogP contribution is 2.50. The Morgan fingerprint density at radius 3 is 1.98 bits per heavy atom. The third-order valence-electron chi connectivity index (χ3n) is 10.7. The van der Waals surface area contributed by atoms with Crippen LogP contribution in [-0.2, 0) is 0 Å². The highest BCUT2D eigenvalue weighted by Gasteiger charge is 2.24. The Hall–Kier alpha value is -5.85. The zero-order valence-corrected chi connectivity index (χ0v) is 29.8. The third-order valence-corrected chi connectivity index (χ3v) is 13.2. The number of rotatable bonds is 2. The fourth-order valence-electron chi connectivity index (χ4n) is 8.45. The molecule has 12 aromatic rings. The van der Waals surface area contributed by atoms with Crippen LogP contribution in [0.25, 0.3) is 112 Å². The average Bonchev–Trinajstić information content (AvgIpc) is 3.88. The van der Waals surface area contributed by atoms with Crippen molar-refractivity contribution in [1.29, 1.82) is 0 Å². The Bertz CT molecular complexity index is 3500. The van der Waals surface area contributed by atoms with Crippen LogP contribution in [0, 0.1) is 0 Å². The molecule has 0 aliphatic rings. The van der Waals surface area contributed by atoms with Crippen molar-refractivity contribution in [3.8, 4) is 16.9 Å². The van der Waals surface area contributed by atoms with E-state index in [2.05, 4.69) is 144 Å². The van der Waals surface area contributed by atoms with Gasteiger partial charge in [-0.2, -0.15) is 0 Å². The van der Waals surface area contributed by atoms with Gasteiger partial charge in [-0.25, -0.2) is 9.97 Å². The van der Waals surface area contributed by atoms with Crippen LogP contribution in [0.1, 0.15) is 0 Å². The average molecular weight is 718 g/mol. The molecule has 0 atom stereocenters. The molecule has 52 heavy (non-hydrogen) atoms. The smallest absolute Gasteiger partial charge is 0.156 e. The lowest BCUT2D eigenvalue weighted by atomic mass is 9.97. The number of halogens is 1. The van der Waals surface area contributed by atoms with Gasteiger partial charge in [-0.15, -0.1) is 22.7 Å². The molecule has 4 aromatic heterocycles. The van der Waals surface area contributed by atoms with Gasteiger partial charge in [0.1, 0.15) is 16.0 Å². The van der Waals surface area contributed by atoms with E-state index in [1.54, 1.807) is 11.3 Å². The molecule has 0 unspecified atom stereocenters. The Morgan fingerprint density at radius 2 is 1.15 bits per heavy atom. The molecule has 4 heterocycles. The van der Waals surface area contributed by atoms with E-state index in [-0.39, 0.29) is 0 Å². The molecule has 3 nitrogen and oxygen atoms in total. The minimum Gasteiger partial charge on any atom is -0.307 e. The molecule has 0 amide bonds. The number of fused-ring (bicyclic) bond motifs is 17. The summed E-state index contributed by atoms with van der Waals surface area (Å²) in [7, 11) is 0. The number of thiophene rings is 2. The highest BCUT2D eigenvalue weighted by atomic mass is 35.5.